The van der Waals surface area contributed by atoms with Crippen molar-refractivity contribution in [3.8, 4) is 5.75 Å². The number of benzene rings is 1. The van der Waals surface area contributed by atoms with Gasteiger partial charge in [0.2, 0.25) is 0 Å². The highest BCUT2D eigenvalue weighted by Gasteiger charge is 2.21. The molecule has 0 bridgehead atoms. The van der Waals surface area contributed by atoms with Crippen molar-refractivity contribution in [2.45, 2.75) is 13.3 Å². The molecule has 4 heteroatoms. The van der Waals surface area contributed by atoms with Crippen LogP contribution in [0.4, 0.5) is 4.39 Å². The van der Waals surface area contributed by atoms with Gasteiger partial charge in [-0.25, -0.2) is 4.39 Å². The van der Waals surface area contributed by atoms with Gasteiger partial charge in [-0.05, 0) is 24.1 Å². The standard InChI is InChI=1S/C16H24FNO2/c1-5-16(2,12-18-8-9-19-3)11-13-6-7-15(20-4)14(17)10-13/h5-7,10,18H,1,8-9,11-12H2,2-4H3. The van der Waals surface area contributed by atoms with Gasteiger partial charge in [-0.15, -0.1) is 6.58 Å². The smallest absolute Gasteiger partial charge is 0.165 e. The molecule has 0 aliphatic heterocycles. The lowest BCUT2D eigenvalue weighted by Gasteiger charge is -2.26. The zero-order valence-corrected chi connectivity index (χ0v) is 12.5. The maximum Gasteiger partial charge on any atom is 0.165 e. The number of halogens is 1. The highest BCUT2D eigenvalue weighted by atomic mass is 19.1. The molecule has 1 aromatic rings. The monoisotopic (exact) mass is 281 g/mol. The second-order valence-electron chi connectivity index (χ2n) is 5.17. The van der Waals surface area contributed by atoms with Crippen LogP contribution in [0, 0.1) is 11.2 Å². The van der Waals surface area contributed by atoms with Crippen LogP contribution in [0.3, 0.4) is 0 Å². The van der Waals surface area contributed by atoms with Crippen LogP contribution >= 0.6 is 0 Å². The summed E-state index contributed by atoms with van der Waals surface area (Å²) < 4.78 is 23.6. The maximum atomic E-state index is 13.7. The van der Waals surface area contributed by atoms with Crippen molar-refractivity contribution in [2.75, 3.05) is 33.9 Å². The molecular formula is C16H24FNO2. The van der Waals surface area contributed by atoms with Gasteiger partial charge in [0.05, 0.1) is 13.7 Å². The Labute approximate surface area is 120 Å². The normalized spacial score (nSPS) is 13.8. The lowest BCUT2D eigenvalue weighted by atomic mass is 9.83. The van der Waals surface area contributed by atoms with Gasteiger partial charge in [0.25, 0.3) is 0 Å². The minimum absolute atomic E-state index is 0.130. The molecule has 1 atom stereocenters. The Morgan fingerprint density at radius 2 is 2.15 bits per heavy atom. The molecule has 3 nitrogen and oxygen atoms in total. The molecule has 112 valence electrons. The predicted octanol–water partition coefficient (Wildman–Crippen LogP) is 2.81. The van der Waals surface area contributed by atoms with E-state index in [0.717, 1.165) is 25.1 Å². The van der Waals surface area contributed by atoms with Crippen LogP contribution in [0.5, 0.6) is 5.75 Å². The first-order valence-corrected chi connectivity index (χ1v) is 6.70. The molecule has 0 spiro atoms. The molecule has 1 unspecified atom stereocenters. The SMILES string of the molecule is C=CC(C)(CNCCOC)Cc1ccc(OC)c(F)c1. The summed E-state index contributed by atoms with van der Waals surface area (Å²) >= 11 is 0. The summed E-state index contributed by atoms with van der Waals surface area (Å²) in [5, 5.41) is 3.32. The van der Waals surface area contributed by atoms with Crippen LogP contribution in [0.25, 0.3) is 0 Å². The number of methoxy groups -OCH3 is 2. The van der Waals surface area contributed by atoms with Crippen LogP contribution in [-0.4, -0.2) is 33.9 Å². The lowest BCUT2D eigenvalue weighted by molar-refractivity contribution is 0.195. The van der Waals surface area contributed by atoms with Gasteiger partial charge in [0.1, 0.15) is 0 Å². The van der Waals surface area contributed by atoms with Gasteiger partial charge < -0.3 is 14.8 Å². The number of hydrogen-bond acceptors (Lipinski definition) is 3. The summed E-state index contributed by atoms with van der Waals surface area (Å²) in [5.74, 6) is -0.0592. The van der Waals surface area contributed by atoms with E-state index in [-0.39, 0.29) is 17.0 Å². The van der Waals surface area contributed by atoms with Crippen LogP contribution in [0.15, 0.2) is 30.9 Å². The maximum absolute atomic E-state index is 13.7. The van der Waals surface area contributed by atoms with Crippen LogP contribution < -0.4 is 10.1 Å². The van der Waals surface area contributed by atoms with Crippen molar-refractivity contribution in [1.82, 2.24) is 5.32 Å². The van der Waals surface area contributed by atoms with Gasteiger partial charge in [0.15, 0.2) is 11.6 Å². The van der Waals surface area contributed by atoms with Crippen molar-refractivity contribution >= 4 is 0 Å². The molecule has 0 fully saturated rings. The fourth-order valence-corrected chi connectivity index (χ4v) is 2.04. The average molecular weight is 281 g/mol. The Bertz CT molecular complexity index is 436. The third kappa shape index (κ3) is 4.94. The zero-order chi connectivity index (χ0) is 15.0. The minimum Gasteiger partial charge on any atom is -0.494 e. The molecular weight excluding hydrogens is 257 g/mol. The Kier molecular flexibility index (Phi) is 6.68. The first kappa shape index (κ1) is 16.7. The summed E-state index contributed by atoms with van der Waals surface area (Å²) in [6.45, 7) is 8.22. The molecule has 0 saturated carbocycles. The Balaban J connectivity index is 2.66. The van der Waals surface area contributed by atoms with E-state index in [9.17, 15) is 4.39 Å². The second-order valence-corrected chi connectivity index (χ2v) is 5.17. The largest absolute Gasteiger partial charge is 0.494 e. The lowest BCUT2D eigenvalue weighted by Crippen LogP contribution is -2.33. The third-order valence-electron chi connectivity index (χ3n) is 3.33. The second kappa shape index (κ2) is 8.02. The van der Waals surface area contributed by atoms with E-state index in [4.69, 9.17) is 9.47 Å². The highest BCUT2D eigenvalue weighted by Crippen LogP contribution is 2.26. The summed E-state index contributed by atoms with van der Waals surface area (Å²) in [6, 6.07) is 5.07. The number of hydrogen-bond donors (Lipinski definition) is 1. The van der Waals surface area contributed by atoms with E-state index in [1.807, 2.05) is 12.1 Å². The molecule has 1 aromatic carbocycles. The molecule has 0 aliphatic rings. The van der Waals surface area contributed by atoms with E-state index >= 15 is 0 Å². The first-order valence-electron chi connectivity index (χ1n) is 6.70. The van der Waals surface area contributed by atoms with Crippen LogP contribution in [0.1, 0.15) is 12.5 Å². The van der Waals surface area contributed by atoms with Crippen LogP contribution in [-0.2, 0) is 11.2 Å². The Morgan fingerprint density at radius 3 is 2.70 bits per heavy atom. The van der Waals surface area contributed by atoms with Crippen LogP contribution in [0.2, 0.25) is 0 Å². The summed E-state index contributed by atoms with van der Waals surface area (Å²) in [7, 11) is 3.14. The quantitative estimate of drug-likeness (QED) is 0.558. The number of rotatable bonds is 9. The van der Waals surface area contributed by atoms with Crippen molar-refractivity contribution < 1.29 is 13.9 Å². The summed E-state index contributed by atoms with van der Waals surface area (Å²) in [5.41, 5.74) is 0.800. The average Bonchev–Trinajstić information content (AvgIpc) is 2.44. The molecule has 0 aromatic heterocycles. The summed E-state index contributed by atoms with van der Waals surface area (Å²) in [4.78, 5) is 0. The van der Waals surface area contributed by atoms with E-state index < -0.39 is 0 Å². The topological polar surface area (TPSA) is 30.5 Å². The molecule has 0 amide bonds. The minimum atomic E-state index is -0.330. The predicted molar refractivity (Wildman–Crippen MR) is 79.7 cm³/mol. The number of nitrogens with one attached hydrogen (secondary N) is 1. The fraction of sp³-hybridized carbons (Fsp3) is 0.500. The third-order valence-corrected chi connectivity index (χ3v) is 3.33. The van der Waals surface area contributed by atoms with E-state index in [1.54, 1.807) is 13.2 Å². The zero-order valence-electron chi connectivity index (χ0n) is 12.5. The molecule has 0 saturated heterocycles. The molecule has 0 radical (unpaired) electrons. The van der Waals surface area contributed by atoms with E-state index in [1.165, 1.54) is 13.2 Å². The number of ether oxygens (including phenoxy) is 2. The molecule has 20 heavy (non-hydrogen) atoms. The molecule has 1 N–H and O–H groups in total. The van der Waals surface area contributed by atoms with Crippen molar-refractivity contribution in [3.05, 3.63) is 42.2 Å². The molecule has 0 heterocycles. The fourth-order valence-electron chi connectivity index (χ4n) is 2.04. The van der Waals surface area contributed by atoms with Crippen molar-refractivity contribution in [2.24, 2.45) is 5.41 Å². The van der Waals surface area contributed by atoms with Gasteiger partial charge >= 0.3 is 0 Å². The first-order chi connectivity index (χ1) is 9.54. The van der Waals surface area contributed by atoms with Crippen molar-refractivity contribution in [1.29, 1.82) is 0 Å². The van der Waals surface area contributed by atoms with Gasteiger partial charge in [-0.3, -0.25) is 0 Å². The van der Waals surface area contributed by atoms with Gasteiger partial charge in [-0.2, -0.15) is 0 Å². The van der Waals surface area contributed by atoms with Crippen molar-refractivity contribution in [3.63, 3.8) is 0 Å². The van der Waals surface area contributed by atoms with E-state index in [2.05, 4.69) is 18.8 Å². The highest BCUT2D eigenvalue weighted by molar-refractivity contribution is 5.30. The Hall–Kier alpha value is -1.39. The van der Waals surface area contributed by atoms with Gasteiger partial charge in [-0.1, -0.05) is 19.1 Å². The molecule has 0 aliphatic carbocycles. The summed E-state index contributed by atoms with van der Waals surface area (Å²) in [6.07, 6.45) is 2.63. The van der Waals surface area contributed by atoms with Gasteiger partial charge in [0, 0.05) is 25.6 Å². The molecule has 1 rings (SSSR count). The Morgan fingerprint density at radius 1 is 1.40 bits per heavy atom. The van der Waals surface area contributed by atoms with E-state index in [0.29, 0.717) is 6.61 Å².